The number of nitrogens with two attached hydrogens (primary N) is 1. The smallest absolute Gasteiger partial charge is 0.223 e. The number of hydrogen-bond acceptors (Lipinski definition) is 3. The first-order chi connectivity index (χ1) is 8.13. The van der Waals surface area contributed by atoms with E-state index in [1.165, 1.54) is 0 Å². The van der Waals surface area contributed by atoms with E-state index >= 15 is 0 Å². The van der Waals surface area contributed by atoms with Gasteiger partial charge in [0.05, 0.1) is 12.1 Å². The van der Waals surface area contributed by atoms with Crippen molar-refractivity contribution in [2.45, 2.75) is 31.9 Å². The van der Waals surface area contributed by atoms with Crippen LogP contribution in [0.15, 0.2) is 24.3 Å². The Bertz CT molecular complexity index is 402. The van der Waals surface area contributed by atoms with E-state index in [0.717, 1.165) is 5.56 Å². The van der Waals surface area contributed by atoms with E-state index in [0.29, 0.717) is 25.1 Å². The lowest BCUT2D eigenvalue weighted by atomic mass is 9.92. The van der Waals surface area contributed by atoms with Crippen LogP contribution in [0.25, 0.3) is 0 Å². The van der Waals surface area contributed by atoms with Gasteiger partial charge < -0.3 is 15.7 Å². The molecule has 0 aliphatic carbocycles. The summed E-state index contributed by atoms with van der Waals surface area (Å²) in [4.78, 5) is 13.5. The van der Waals surface area contributed by atoms with Gasteiger partial charge >= 0.3 is 0 Å². The molecule has 0 aromatic heterocycles. The lowest BCUT2D eigenvalue weighted by molar-refractivity contribution is -0.141. The van der Waals surface area contributed by atoms with Gasteiger partial charge in [-0.1, -0.05) is 12.1 Å². The zero-order valence-corrected chi connectivity index (χ0v) is 9.97. The van der Waals surface area contributed by atoms with Crippen molar-refractivity contribution in [1.82, 2.24) is 4.90 Å². The van der Waals surface area contributed by atoms with Crippen LogP contribution in [-0.2, 0) is 4.79 Å². The summed E-state index contributed by atoms with van der Waals surface area (Å²) >= 11 is 0. The standard InChI is InChI=1S/C13H18N2O2/c1-2-15-12(17)8-7-11(16)13(15)9-3-5-10(14)6-4-9/h3-6,11,13,16H,2,7-8,14H2,1H3. The molecule has 1 saturated heterocycles. The summed E-state index contributed by atoms with van der Waals surface area (Å²) < 4.78 is 0. The first kappa shape index (κ1) is 11.9. The fourth-order valence-electron chi connectivity index (χ4n) is 2.40. The highest BCUT2D eigenvalue weighted by Gasteiger charge is 2.34. The van der Waals surface area contributed by atoms with Crippen molar-refractivity contribution in [3.63, 3.8) is 0 Å². The fraction of sp³-hybridized carbons (Fsp3) is 0.462. The largest absolute Gasteiger partial charge is 0.399 e. The Morgan fingerprint density at radius 3 is 2.65 bits per heavy atom. The number of aliphatic hydroxyl groups is 1. The average Bonchev–Trinajstić information content (AvgIpc) is 2.33. The minimum atomic E-state index is -0.490. The van der Waals surface area contributed by atoms with Gasteiger partial charge in [-0.05, 0) is 31.0 Å². The summed E-state index contributed by atoms with van der Waals surface area (Å²) in [5, 5.41) is 10.1. The molecular formula is C13H18N2O2. The zero-order valence-electron chi connectivity index (χ0n) is 9.97. The van der Waals surface area contributed by atoms with Crippen LogP contribution in [0.1, 0.15) is 31.4 Å². The second-order valence-corrected chi connectivity index (χ2v) is 4.40. The Balaban J connectivity index is 2.32. The zero-order chi connectivity index (χ0) is 12.4. The number of likely N-dealkylation sites (N-methyl/N-ethyl adjacent to an activating group) is 1. The molecule has 0 radical (unpaired) electrons. The molecule has 2 atom stereocenters. The van der Waals surface area contributed by atoms with E-state index in [1.54, 1.807) is 17.0 Å². The maximum atomic E-state index is 11.8. The van der Waals surface area contributed by atoms with Crippen LogP contribution in [0.2, 0.25) is 0 Å². The maximum Gasteiger partial charge on any atom is 0.223 e. The third kappa shape index (κ3) is 2.26. The molecule has 0 bridgehead atoms. The lowest BCUT2D eigenvalue weighted by Crippen LogP contribution is -2.45. The van der Waals surface area contributed by atoms with Crippen LogP contribution < -0.4 is 5.73 Å². The molecule has 1 amide bonds. The number of anilines is 1. The topological polar surface area (TPSA) is 66.6 Å². The van der Waals surface area contributed by atoms with Gasteiger partial charge in [0.25, 0.3) is 0 Å². The number of carbonyl (C=O) groups excluding carboxylic acids is 1. The number of hydrogen-bond donors (Lipinski definition) is 2. The van der Waals surface area contributed by atoms with Crippen molar-refractivity contribution < 1.29 is 9.90 Å². The van der Waals surface area contributed by atoms with Crippen molar-refractivity contribution in [3.8, 4) is 0 Å². The molecule has 3 N–H and O–H groups in total. The van der Waals surface area contributed by atoms with Gasteiger partial charge in [0.2, 0.25) is 5.91 Å². The second kappa shape index (κ2) is 4.75. The van der Waals surface area contributed by atoms with E-state index in [4.69, 9.17) is 5.73 Å². The summed E-state index contributed by atoms with van der Waals surface area (Å²) in [7, 11) is 0. The number of carbonyl (C=O) groups is 1. The number of nitrogen functional groups attached to an aromatic ring is 1. The number of piperidine rings is 1. The Labute approximate surface area is 101 Å². The van der Waals surface area contributed by atoms with Crippen molar-refractivity contribution in [1.29, 1.82) is 0 Å². The number of rotatable bonds is 2. The molecular weight excluding hydrogens is 216 g/mol. The Hall–Kier alpha value is -1.55. The number of benzene rings is 1. The summed E-state index contributed by atoms with van der Waals surface area (Å²) in [5.74, 6) is 0.111. The predicted octanol–water partition coefficient (Wildman–Crippen LogP) is 1.31. The molecule has 17 heavy (non-hydrogen) atoms. The maximum absolute atomic E-state index is 11.8. The van der Waals surface area contributed by atoms with Crippen LogP contribution in [0, 0.1) is 0 Å². The van der Waals surface area contributed by atoms with Crippen LogP contribution >= 0.6 is 0 Å². The molecule has 4 heteroatoms. The highest BCUT2D eigenvalue weighted by Crippen LogP contribution is 2.31. The lowest BCUT2D eigenvalue weighted by Gasteiger charge is -2.38. The van der Waals surface area contributed by atoms with Gasteiger partial charge in [0.15, 0.2) is 0 Å². The molecule has 92 valence electrons. The SMILES string of the molecule is CCN1C(=O)CCC(O)C1c1ccc(N)cc1. The van der Waals surface area contributed by atoms with Gasteiger partial charge in [-0.25, -0.2) is 0 Å². The first-order valence-electron chi connectivity index (χ1n) is 5.96. The molecule has 1 fully saturated rings. The third-order valence-corrected chi connectivity index (χ3v) is 3.29. The van der Waals surface area contributed by atoms with E-state index in [2.05, 4.69) is 0 Å². The highest BCUT2D eigenvalue weighted by molar-refractivity contribution is 5.77. The third-order valence-electron chi connectivity index (χ3n) is 3.29. The van der Waals surface area contributed by atoms with Gasteiger partial charge in [-0.3, -0.25) is 4.79 Å². The van der Waals surface area contributed by atoms with Crippen molar-refractivity contribution >= 4 is 11.6 Å². The quantitative estimate of drug-likeness (QED) is 0.758. The molecule has 0 saturated carbocycles. The van der Waals surface area contributed by atoms with E-state index in [1.807, 2.05) is 19.1 Å². The summed E-state index contributed by atoms with van der Waals surface area (Å²) in [6.45, 7) is 2.55. The van der Waals surface area contributed by atoms with Crippen LogP contribution in [-0.4, -0.2) is 28.6 Å². The average molecular weight is 234 g/mol. The molecule has 2 rings (SSSR count). The van der Waals surface area contributed by atoms with Crippen LogP contribution in [0.5, 0.6) is 0 Å². The van der Waals surface area contributed by atoms with Crippen molar-refractivity contribution in [2.24, 2.45) is 0 Å². The molecule has 0 spiro atoms. The molecule has 1 aliphatic rings. The molecule has 1 aromatic carbocycles. The summed E-state index contributed by atoms with van der Waals surface area (Å²) in [6.07, 6.45) is 0.474. The fourth-order valence-corrected chi connectivity index (χ4v) is 2.40. The van der Waals surface area contributed by atoms with Crippen molar-refractivity contribution in [3.05, 3.63) is 29.8 Å². The highest BCUT2D eigenvalue weighted by atomic mass is 16.3. The number of nitrogens with zero attached hydrogens (tertiary/aromatic N) is 1. The normalized spacial score (nSPS) is 25.1. The van der Waals surface area contributed by atoms with Gasteiger partial charge in [-0.2, -0.15) is 0 Å². The van der Waals surface area contributed by atoms with Crippen molar-refractivity contribution in [2.75, 3.05) is 12.3 Å². The number of amides is 1. The molecule has 1 aromatic rings. The summed E-state index contributed by atoms with van der Waals surface area (Å²) in [5.41, 5.74) is 7.28. The Kier molecular flexibility index (Phi) is 3.33. The first-order valence-corrected chi connectivity index (χ1v) is 5.96. The molecule has 2 unspecified atom stereocenters. The van der Waals surface area contributed by atoms with Crippen LogP contribution in [0.4, 0.5) is 5.69 Å². The minimum Gasteiger partial charge on any atom is -0.399 e. The second-order valence-electron chi connectivity index (χ2n) is 4.40. The van der Waals surface area contributed by atoms with Gasteiger partial charge in [0.1, 0.15) is 0 Å². The molecule has 4 nitrogen and oxygen atoms in total. The Morgan fingerprint density at radius 1 is 1.41 bits per heavy atom. The summed E-state index contributed by atoms with van der Waals surface area (Å²) in [6, 6.07) is 7.13. The Morgan fingerprint density at radius 2 is 2.06 bits per heavy atom. The van der Waals surface area contributed by atoms with Gasteiger partial charge in [-0.15, -0.1) is 0 Å². The van der Waals surface area contributed by atoms with E-state index < -0.39 is 6.10 Å². The minimum absolute atomic E-state index is 0.111. The van der Waals surface area contributed by atoms with Crippen LogP contribution in [0.3, 0.4) is 0 Å². The predicted molar refractivity (Wildman–Crippen MR) is 66.2 cm³/mol. The number of aliphatic hydroxyl groups excluding tert-OH is 1. The van der Waals surface area contributed by atoms with E-state index in [9.17, 15) is 9.90 Å². The number of likely N-dealkylation sites (tertiary alicyclic amines) is 1. The monoisotopic (exact) mass is 234 g/mol. The molecule has 1 heterocycles. The van der Waals surface area contributed by atoms with E-state index in [-0.39, 0.29) is 11.9 Å². The molecule has 1 aliphatic heterocycles. The van der Waals surface area contributed by atoms with Gasteiger partial charge in [0, 0.05) is 18.7 Å².